The first-order valence-corrected chi connectivity index (χ1v) is 5.90. The average Bonchev–Trinajstić information content (AvgIpc) is 2.29. The molecule has 0 unspecified atom stereocenters. The summed E-state index contributed by atoms with van der Waals surface area (Å²) in [6, 6.07) is 6.15. The van der Waals surface area contributed by atoms with Crippen LogP contribution in [0.15, 0.2) is 24.4 Å². The number of hydrogen-bond donors (Lipinski definition) is 1. The number of rotatable bonds is 6. The molecule has 0 saturated heterocycles. The van der Waals surface area contributed by atoms with Crippen LogP contribution in [0.3, 0.4) is 0 Å². The number of aromatic nitrogens is 1. The Morgan fingerprint density at radius 2 is 1.94 bits per heavy atom. The molecule has 0 radical (unpaired) electrons. The first-order valence-electron chi connectivity index (χ1n) is 5.90. The van der Waals surface area contributed by atoms with E-state index < -0.39 is 5.09 Å². The van der Waals surface area contributed by atoms with E-state index in [1.54, 1.807) is 0 Å². The van der Waals surface area contributed by atoms with Gasteiger partial charge in [0.2, 0.25) is 0 Å². The summed E-state index contributed by atoms with van der Waals surface area (Å²) in [6.07, 6.45) is 9.74. The Bertz CT molecular complexity index is 287. The lowest BCUT2D eigenvalue weighted by molar-refractivity contribution is -0.742. The molecule has 1 rings (SSSR count). The summed E-state index contributed by atoms with van der Waals surface area (Å²) in [7, 11) is 0. The van der Waals surface area contributed by atoms with Gasteiger partial charge in [-0.15, -0.1) is 10.1 Å². The monoisotopic (exact) mass is 240 g/mol. The molecule has 1 N–H and O–H groups in total. The summed E-state index contributed by atoms with van der Waals surface area (Å²) in [5.74, 6) is 0. The number of aryl methyl sites for hydroxylation is 1. The van der Waals surface area contributed by atoms with Crippen LogP contribution < -0.4 is 0 Å². The van der Waals surface area contributed by atoms with Crippen molar-refractivity contribution in [2.45, 2.75) is 45.4 Å². The number of pyridine rings is 1. The minimum atomic E-state index is -1.50. The van der Waals surface area contributed by atoms with E-state index in [-0.39, 0.29) is 0 Å². The van der Waals surface area contributed by atoms with Crippen LogP contribution in [0.2, 0.25) is 0 Å². The Morgan fingerprint density at radius 1 is 1.29 bits per heavy atom. The molecule has 0 aliphatic rings. The lowest BCUT2D eigenvalue weighted by Gasteiger charge is -1.99. The zero-order valence-corrected chi connectivity index (χ0v) is 10.2. The Labute approximate surface area is 102 Å². The van der Waals surface area contributed by atoms with E-state index in [4.69, 9.17) is 15.3 Å². The van der Waals surface area contributed by atoms with Gasteiger partial charge in [-0.2, -0.15) is 0 Å². The fraction of sp³-hybridized carbons (Fsp3) is 0.583. The Balaban J connectivity index is 0.000000557. The molecule has 0 bridgehead atoms. The molecule has 0 fully saturated rings. The Kier molecular flexibility index (Phi) is 9.80. The predicted molar refractivity (Wildman–Crippen MR) is 65.5 cm³/mol. The summed E-state index contributed by atoms with van der Waals surface area (Å²) in [6.45, 7) is 2.25. The van der Waals surface area contributed by atoms with Crippen LogP contribution in [-0.4, -0.2) is 15.3 Å². The summed E-state index contributed by atoms with van der Waals surface area (Å²) in [5.41, 5.74) is 1.24. The lowest BCUT2D eigenvalue weighted by atomic mass is 10.1. The molecule has 0 spiro atoms. The fourth-order valence-corrected chi connectivity index (χ4v) is 1.46. The van der Waals surface area contributed by atoms with E-state index in [1.807, 2.05) is 12.3 Å². The summed E-state index contributed by atoms with van der Waals surface area (Å²) >= 11 is 0. The topological polar surface area (TPSA) is 76.3 Å². The van der Waals surface area contributed by atoms with Gasteiger partial charge < -0.3 is 5.21 Å². The molecule has 0 amide bonds. The van der Waals surface area contributed by atoms with Crippen molar-refractivity contribution in [3.05, 3.63) is 40.2 Å². The van der Waals surface area contributed by atoms with Crippen LogP contribution in [0.4, 0.5) is 0 Å². The Hall–Kier alpha value is -1.65. The van der Waals surface area contributed by atoms with Crippen molar-refractivity contribution in [1.82, 2.24) is 4.98 Å². The van der Waals surface area contributed by atoms with Gasteiger partial charge in [-0.3, -0.25) is 4.98 Å². The highest BCUT2D eigenvalue weighted by Crippen LogP contribution is 2.06. The van der Waals surface area contributed by atoms with Gasteiger partial charge in [0, 0.05) is 11.9 Å². The molecular formula is C12H20N2O3. The molecular weight excluding hydrogens is 220 g/mol. The minimum Gasteiger partial charge on any atom is -0.328 e. The van der Waals surface area contributed by atoms with E-state index in [9.17, 15) is 0 Å². The second-order valence-electron chi connectivity index (χ2n) is 3.72. The van der Waals surface area contributed by atoms with Gasteiger partial charge in [-0.1, -0.05) is 38.7 Å². The van der Waals surface area contributed by atoms with Crippen molar-refractivity contribution in [3.63, 3.8) is 0 Å². The Morgan fingerprint density at radius 3 is 2.47 bits per heavy atom. The van der Waals surface area contributed by atoms with Crippen molar-refractivity contribution < 1.29 is 10.3 Å². The van der Waals surface area contributed by atoms with E-state index >= 15 is 0 Å². The molecule has 1 aromatic heterocycles. The van der Waals surface area contributed by atoms with Gasteiger partial charge in [-0.25, -0.2) is 0 Å². The molecule has 0 aromatic carbocycles. The second-order valence-corrected chi connectivity index (χ2v) is 3.72. The molecule has 0 saturated carbocycles. The maximum absolute atomic E-state index is 8.36. The smallest absolute Gasteiger partial charge is 0.291 e. The maximum atomic E-state index is 8.36. The van der Waals surface area contributed by atoms with Crippen LogP contribution in [-0.2, 0) is 6.42 Å². The minimum absolute atomic E-state index is 1.14. The van der Waals surface area contributed by atoms with E-state index in [0.717, 1.165) is 6.42 Å². The third-order valence-corrected chi connectivity index (χ3v) is 2.26. The van der Waals surface area contributed by atoms with Gasteiger partial charge in [0.05, 0.1) is 0 Å². The first-order chi connectivity index (χ1) is 8.16. The maximum Gasteiger partial charge on any atom is 0.291 e. The van der Waals surface area contributed by atoms with Gasteiger partial charge >= 0.3 is 0 Å². The molecule has 0 aliphatic heterocycles. The molecule has 5 nitrogen and oxygen atoms in total. The highest BCUT2D eigenvalue weighted by atomic mass is 16.9. The zero-order chi connectivity index (χ0) is 12.9. The van der Waals surface area contributed by atoms with Gasteiger partial charge in [-0.05, 0) is 25.0 Å². The van der Waals surface area contributed by atoms with Gasteiger partial charge in [0.15, 0.2) is 0 Å². The molecule has 1 heterocycles. The zero-order valence-electron chi connectivity index (χ0n) is 10.2. The van der Waals surface area contributed by atoms with Crippen molar-refractivity contribution in [2.24, 2.45) is 0 Å². The summed E-state index contributed by atoms with van der Waals surface area (Å²) < 4.78 is 0. The highest BCUT2D eigenvalue weighted by molar-refractivity contribution is 5.03. The van der Waals surface area contributed by atoms with Crippen LogP contribution in [0.1, 0.15) is 44.7 Å². The quantitative estimate of drug-likeness (QED) is 0.470. The summed E-state index contributed by atoms with van der Waals surface area (Å²) in [4.78, 5) is 12.7. The molecule has 1 aromatic rings. The third kappa shape index (κ3) is 12.3. The van der Waals surface area contributed by atoms with E-state index in [1.165, 1.54) is 37.8 Å². The van der Waals surface area contributed by atoms with Crippen molar-refractivity contribution in [1.29, 1.82) is 0 Å². The van der Waals surface area contributed by atoms with Crippen molar-refractivity contribution >= 4 is 0 Å². The van der Waals surface area contributed by atoms with E-state index in [2.05, 4.69) is 24.0 Å². The standard InChI is InChI=1S/C12H19N.HNO3/c1-2-3-4-5-6-9-12-10-7-8-11-13-12;2-1(3)4/h7-8,10-11H,2-6,9H2,1H3;(H,2,3,4). The molecule has 17 heavy (non-hydrogen) atoms. The van der Waals surface area contributed by atoms with Gasteiger partial charge in [0.1, 0.15) is 0 Å². The molecule has 0 aliphatic carbocycles. The predicted octanol–water partition coefficient (Wildman–Crippen LogP) is 3.25. The number of hydrogen-bond acceptors (Lipinski definition) is 3. The normalized spacial score (nSPS) is 9.24. The first kappa shape index (κ1) is 15.3. The molecule has 5 heteroatoms. The fourth-order valence-electron chi connectivity index (χ4n) is 1.46. The van der Waals surface area contributed by atoms with Crippen LogP contribution in [0.25, 0.3) is 0 Å². The summed E-state index contributed by atoms with van der Waals surface area (Å²) in [5, 5.41) is 13.6. The third-order valence-electron chi connectivity index (χ3n) is 2.26. The molecule has 96 valence electrons. The van der Waals surface area contributed by atoms with Gasteiger partial charge in [0.25, 0.3) is 5.09 Å². The number of nitrogens with zero attached hydrogens (tertiary/aromatic N) is 2. The van der Waals surface area contributed by atoms with E-state index in [0.29, 0.717) is 0 Å². The van der Waals surface area contributed by atoms with Crippen LogP contribution >= 0.6 is 0 Å². The highest BCUT2D eigenvalue weighted by Gasteiger charge is 1.92. The second kappa shape index (κ2) is 10.9. The van der Waals surface area contributed by atoms with Crippen molar-refractivity contribution in [3.8, 4) is 0 Å². The SMILES string of the molecule is CCCCCCCc1ccccn1.O=[N+]([O-])O. The van der Waals surface area contributed by atoms with Crippen molar-refractivity contribution in [2.75, 3.05) is 0 Å². The largest absolute Gasteiger partial charge is 0.328 e. The van der Waals surface area contributed by atoms with Crippen LogP contribution in [0.5, 0.6) is 0 Å². The average molecular weight is 240 g/mol. The van der Waals surface area contributed by atoms with Crippen LogP contribution in [0, 0.1) is 10.1 Å². The molecule has 0 atom stereocenters. The number of unbranched alkanes of at least 4 members (excludes halogenated alkanes) is 4. The lowest BCUT2D eigenvalue weighted by Crippen LogP contribution is -1.88.